The second kappa shape index (κ2) is 13.6. The molecule has 4 nitrogen and oxygen atoms in total. The van der Waals surface area contributed by atoms with Crippen molar-refractivity contribution in [2.45, 2.75) is 0 Å². The van der Waals surface area contributed by atoms with Crippen molar-refractivity contribution in [3.05, 3.63) is 212 Å². The van der Waals surface area contributed by atoms with E-state index in [0.29, 0.717) is 5.89 Å². The molecule has 0 aliphatic heterocycles. The minimum Gasteiger partial charge on any atom is -0.435 e. The van der Waals surface area contributed by atoms with Crippen LogP contribution in [-0.4, -0.2) is 9.55 Å². The van der Waals surface area contributed by atoms with Crippen LogP contribution in [0.25, 0.3) is 83.1 Å². The SMILES string of the molecule is c1ccc(-c2cccc(N(c3ccc(-c4cccc5ccc6nc(-c7ccccc7)oc6c45)cc3)c3ccc(-n4c5ccccc5c5ccccc54)cc3)c2)cc1. The van der Waals surface area contributed by atoms with Crippen LogP contribution in [0.1, 0.15) is 0 Å². The smallest absolute Gasteiger partial charge is 0.227 e. The molecule has 0 saturated heterocycles. The Morgan fingerprint density at radius 1 is 0.421 bits per heavy atom. The Hall–Kier alpha value is -7.69. The summed E-state index contributed by atoms with van der Waals surface area (Å²) in [6.45, 7) is 0. The summed E-state index contributed by atoms with van der Waals surface area (Å²) >= 11 is 0. The van der Waals surface area contributed by atoms with E-state index in [2.05, 4.69) is 191 Å². The number of para-hydroxylation sites is 2. The van der Waals surface area contributed by atoms with Crippen molar-refractivity contribution >= 4 is 60.7 Å². The van der Waals surface area contributed by atoms with Gasteiger partial charge in [-0.1, -0.05) is 133 Å². The number of benzene rings is 9. The van der Waals surface area contributed by atoms with Crippen LogP contribution >= 0.6 is 0 Å². The molecule has 11 rings (SSSR count). The summed E-state index contributed by atoms with van der Waals surface area (Å²) in [7, 11) is 0. The average molecular weight is 730 g/mol. The number of oxazole rings is 1. The van der Waals surface area contributed by atoms with Gasteiger partial charge in [0.25, 0.3) is 0 Å². The van der Waals surface area contributed by atoms with Crippen LogP contribution in [0.2, 0.25) is 0 Å². The number of aromatic nitrogens is 2. The normalized spacial score (nSPS) is 11.5. The standard InChI is InChI=1S/C53H35N3O/c1-3-13-36(14-4-1)40-18-11-19-44(35-40)55(42-30-32-43(33-31-42)56-49-23-9-7-20-46(49)47-21-8-10-24-50(47)56)41-28-25-37(26-29-41)45-22-12-17-38-27-34-48-52(51(38)45)57-53(54-48)39-15-5-2-6-16-39/h1-35H. The topological polar surface area (TPSA) is 34.2 Å². The highest BCUT2D eigenvalue weighted by Crippen LogP contribution is 2.41. The molecular weight excluding hydrogens is 695 g/mol. The summed E-state index contributed by atoms with van der Waals surface area (Å²) in [4.78, 5) is 7.22. The molecule has 2 aromatic heterocycles. The minimum atomic E-state index is 0.626. The molecule has 11 aromatic rings. The van der Waals surface area contributed by atoms with E-state index in [9.17, 15) is 0 Å². The summed E-state index contributed by atoms with van der Waals surface area (Å²) in [5.74, 6) is 0.626. The second-order valence-corrected chi connectivity index (χ2v) is 14.4. The fourth-order valence-corrected chi connectivity index (χ4v) is 8.34. The summed E-state index contributed by atoms with van der Waals surface area (Å²) in [5.41, 5.74) is 13.9. The molecule has 0 unspecified atom stereocenters. The summed E-state index contributed by atoms with van der Waals surface area (Å²) in [5, 5.41) is 4.68. The van der Waals surface area contributed by atoms with Crippen LogP contribution in [0.5, 0.6) is 0 Å². The molecule has 0 N–H and O–H groups in total. The van der Waals surface area contributed by atoms with Crippen LogP contribution in [0.15, 0.2) is 217 Å². The van der Waals surface area contributed by atoms with Crippen LogP contribution in [-0.2, 0) is 0 Å². The van der Waals surface area contributed by atoms with Crippen LogP contribution in [0.3, 0.4) is 0 Å². The quantitative estimate of drug-likeness (QED) is 0.164. The van der Waals surface area contributed by atoms with E-state index >= 15 is 0 Å². The molecule has 9 aromatic carbocycles. The Morgan fingerprint density at radius 3 is 1.72 bits per heavy atom. The van der Waals surface area contributed by atoms with Crippen LogP contribution in [0.4, 0.5) is 17.1 Å². The molecule has 57 heavy (non-hydrogen) atoms. The van der Waals surface area contributed by atoms with Crippen LogP contribution < -0.4 is 4.90 Å². The number of rotatable bonds is 7. The zero-order chi connectivity index (χ0) is 37.7. The van der Waals surface area contributed by atoms with Crippen molar-refractivity contribution < 1.29 is 4.42 Å². The first-order chi connectivity index (χ1) is 28.3. The Kier molecular flexibility index (Phi) is 7.78. The molecule has 4 heteroatoms. The van der Waals surface area contributed by atoms with Gasteiger partial charge in [0.1, 0.15) is 5.52 Å². The Labute approximate surface area is 330 Å². The third-order valence-corrected chi connectivity index (χ3v) is 11.0. The molecule has 268 valence electrons. The van der Waals surface area contributed by atoms with Gasteiger partial charge in [-0.3, -0.25) is 0 Å². The predicted molar refractivity (Wildman–Crippen MR) is 237 cm³/mol. The lowest BCUT2D eigenvalue weighted by molar-refractivity contribution is 0.623. The molecule has 0 aliphatic rings. The van der Waals surface area contributed by atoms with Gasteiger partial charge in [-0.15, -0.1) is 0 Å². The Balaban J connectivity index is 1.03. The number of nitrogens with zero attached hydrogens (tertiary/aromatic N) is 3. The fraction of sp³-hybridized carbons (Fsp3) is 0. The fourth-order valence-electron chi connectivity index (χ4n) is 8.34. The van der Waals surface area contributed by atoms with E-state index in [1.807, 2.05) is 30.3 Å². The molecule has 0 amide bonds. The van der Waals surface area contributed by atoms with Gasteiger partial charge < -0.3 is 13.9 Å². The van der Waals surface area contributed by atoms with Crippen molar-refractivity contribution in [2.75, 3.05) is 4.90 Å². The minimum absolute atomic E-state index is 0.626. The van der Waals surface area contributed by atoms with Gasteiger partial charge in [-0.2, -0.15) is 0 Å². The van der Waals surface area contributed by atoms with Gasteiger partial charge in [0.05, 0.1) is 11.0 Å². The maximum atomic E-state index is 6.52. The van der Waals surface area contributed by atoms with Crippen molar-refractivity contribution in [1.29, 1.82) is 0 Å². The summed E-state index contributed by atoms with van der Waals surface area (Å²) in [6, 6.07) is 75.2. The highest BCUT2D eigenvalue weighted by molar-refractivity contribution is 6.12. The molecule has 0 aliphatic carbocycles. The Morgan fingerprint density at radius 2 is 1.02 bits per heavy atom. The van der Waals surface area contributed by atoms with E-state index in [-0.39, 0.29) is 0 Å². The van der Waals surface area contributed by atoms with Gasteiger partial charge in [-0.05, 0) is 107 Å². The van der Waals surface area contributed by atoms with E-state index in [4.69, 9.17) is 9.40 Å². The first-order valence-corrected chi connectivity index (χ1v) is 19.3. The second-order valence-electron chi connectivity index (χ2n) is 14.4. The van der Waals surface area contributed by atoms with Gasteiger partial charge in [-0.25, -0.2) is 4.98 Å². The maximum Gasteiger partial charge on any atom is 0.227 e. The van der Waals surface area contributed by atoms with E-state index in [0.717, 1.165) is 61.3 Å². The molecule has 0 spiro atoms. The third-order valence-electron chi connectivity index (χ3n) is 11.0. The predicted octanol–water partition coefficient (Wildman–Crippen LogP) is 14.5. The zero-order valence-electron chi connectivity index (χ0n) is 31.0. The number of hydrogen-bond donors (Lipinski definition) is 0. The lowest BCUT2D eigenvalue weighted by Crippen LogP contribution is -2.10. The first kappa shape index (κ1) is 32.7. The summed E-state index contributed by atoms with van der Waals surface area (Å²) < 4.78 is 8.88. The first-order valence-electron chi connectivity index (χ1n) is 19.3. The monoisotopic (exact) mass is 729 g/mol. The molecule has 0 atom stereocenters. The van der Waals surface area contributed by atoms with Crippen molar-refractivity contribution in [3.63, 3.8) is 0 Å². The maximum absolute atomic E-state index is 6.52. The number of fused-ring (bicyclic) bond motifs is 6. The van der Waals surface area contributed by atoms with Crippen molar-refractivity contribution in [2.24, 2.45) is 0 Å². The molecule has 0 bridgehead atoms. The van der Waals surface area contributed by atoms with Crippen molar-refractivity contribution in [1.82, 2.24) is 9.55 Å². The van der Waals surface area contributed by atoms with Gasteiger partial charge >= 0.3 is 0 Å². The highest BCUT2D eigenvalue weighted by Gasteiger charge is 2.18. The van der Waals surface area contributed by atoms with E-state index in [1.165, 1.54) is 32.9 Å². The molecule has 0 fully saturated rings. The lowest BCUT2D eigenvalue weighted by Gasteiger charge is -2.26. The molecular formula is C53H35N3O. The van der Waals surface area contributed by atoms with Crippen molar-refractivity contribution in [3.8, 4) is 39.4 Å². The number of hydrogen-bond acceptors (Lipinski definition) is 3. The van der Waals surface area contributed by atoms with Crippen LogP contribution in [0, 0.1) is 0 Å². The van der Waals surface area contributed by atoms with E-state index in [1.54, 1.807) is 0 Å². The van der Waals surface area contributed by atoms with Gasteiger partial charge in [0.15, 0.2) is 5.58 Å². The lowest BCUT2D eigenvalue weighted by atomic mass is 9.97. The summed E-state index contributed by atoms with van der Waals surface area (Å²) in [6.07, 6.45) is 0. The number of anilines is 3. The third kappa shape index (κ3) is 5.66. The largest absolute Gasteiger partial charge is 0.435 e. The molecule has 0 radical (unpaired) electrons. The molecule has 0 saturated carbocycles. The van der Waals surface area contributed by atoms with E-state index < -0.39 is 0 Å². The van der Waals surface area contributed by atoms with Gasteiger partial charge in [0, 0.05) is 44.5 Å². The molecule has 2 heterocycles. The Bertz CT molecular complexity index is 3160. The average Bonchev–Trinajstić information content (AvgIpc) is 3.88. The zero-order valence-corrected chi connectivity index (χ0v) is 31.0. The highest BCUT2D eigenvalue weighted by atomic mass is 16.3. The van der Waals surface area contributed by atoms with Gasteiger partial charge in [0.2, 0.25) is 5.89 Å².